The monoisotopic (exact) mass is 240 g/mol. The van der Waals surface area contributed by atoms with Crippen LogP contribution in [-0.2, 0) is 4.79 Å². The third-order valence-electron chi connectivity index (χ3n) is 2.42. The lowest BCUT2D eigenvalue weighted by Gasteiger charge is -2.13. The first kappa shape index (κ1) is 12.0. The second kappa shape index (κ2) is 5.25. The molecule has 0 aromatic heterocycles. The number of hydrogen-bond donors (Lipinski definition) is 1. The van der Waals surface area contributed by atoms with Gasteiger partial charge in [0.15, 0.2) is 5.78 Å². The van der Waals surface area contributed by atoms with Gasteiger partial charge >= 0.3 is 0 Å². The van der Waals surface area contributed by atoms with Crippen LogP contribution in [0.15, 0.2) is 66.4 Å². The van der Waals surface area contributed by atoms with Crippen LogP contribution in [0.2, 0.25) is 0 Å². The van der Waals surface area contributed by atoms with E-state index < -0.39 is 0 Å². The van der Waals surface area contributed by atoms with Crippen molar-refractivity contribution in [1.29, 1.82) is 0 Å². The molecular weight excluding hydrogens is 228 g/mol. The van der Waals surface area contributed by atoms with Crippen LogP contribution < -0.4 is 5.84 Å². The zero-order valence-corrected chi connectivity index (χ0v) is 9.61. The second-order valence-electron chi connectivity index (χ2n) is 3.78. The van der Waals surface area contributed by atoms with Crippen molar-refractivity contribution in [3.05, 3.63) is 72.0 Å². The first-order chi connectivity index (χ1) is 8.66. The number of hydrazine groups is 1. The standard InChI is InChI=1S/C14H12N2O2/c15-16(10-11-6-8-13(17)9-7-11)14(18)12-4-2-1-3-5-12/h1-10H,15H2. The quantitative estimate of drug-likeness (QED) is 0.485. The van der Waals surface area contributed by atoms with Crippen LogP contribution >= 0.6 is 0 Å². The van der Waals surface area contributed by atoms with Gasteiger partial charge in [-0.25, -0.2) is 5.84 Å². The van der Waals surface area contributed by atoms with Crippen LogP contribution in [0.1, 0.15) is 10.4 Å². The number of benzene rings is 1. The molecule has 0 aliphatic heterocycles. The minimum Gasteiger partial charge on any atom is -0.290 e. The van der Waals surface area contributed by atoms with Gasteiger partial charge in [-0.1, -0.05) is 18.2 Å². The smallest absolute Gasteiger partial charge is 0.271 e. The fraction of sp³-hybridized carbons (Fsp3) is 0. The van der Waals surface area contributed by atoms with E-state index in [9.17, 15) is 9.59 Å². The van der Waals surface area contributed by atoms with E-state index in [1.807, 2.05) is 6.07 Å². The largest absolute Gasteiger partial charge is 0.290 e. The molecule has 1 amide bonds. The van der Waals surface area contributed by atoms with Crippen molar-refractivity contribution in [2.75, 3.05) is 0 Å². The van der Waals surface area contributed by atoms with Gasteiger partial charge in [0.2, 0.25) is 0 Å². The Hall–Kier alpha value is -2.46. The van der Waals surface area contributed by atoms with Gasteiger partial charge in [-0.05, 0) is 42.0 Å². The van der Waals surface area contributed by atoms with E-state index in [0.717, 1.165) is 5.01 Å². The number of carbonyl (C=O) groups is 2. The molecule has 1 aliphatic carbocycles. The van der Waals surface area contributed by atoms with Gasteiger partial charge in [0.1, 0.15) is 0 Å². The van der Waals surface area contributed by atoms with Crippen LogP contribution in [0.25, 0.3) is 0 Å². The molecular formula is C14H12N2O2. The summed E-state index contributed by atoms with van der Waals surface area (Å²) >= 11 is 0. The summed E-state index contributed by atoms with van der Waals surface area (Å²) in [5, 5.41) is 1.01. The van der Waals surface area contributed by atoms with Crippen molar-refractivity contribution < 1.29 is 9.59 Å². The fourth-order valence-corrected chi connectivity index (χ4v) is 1.50. The van der Waals surface area contributed by atoms with E-state index in [1.54, 1.807) is 36.4 Å². The topological polar surface area (TPSA) is 63.4 Å². The number of carbonyl (C=O) groups excluding carboxylic acids is 2. The van der Waals surface area contributed by atoms with E-state index in [2.05, 4.69) is 0 Å². The number of hydrogen-bond acceptors (Lipinski definition) is 3. The predicted octanol–water partition coefficient (Wildman–Crippen LogP) is 1.58. The van der Waals surface area contributed by atoms with Crippen LogP contribution in [0, 0.1) is 0 Å². The number of amides is 1. The Balaban J connectivity index is 2.14. The lowest BCUT2D eigenvalue weighted by Crippen LogP contribution is -2.32. The number of nitrogens with two attached hydrogens (primary N) is 1. The first-order valence-corrected chi connectivity index (χ1v) is 5.42. The summed E-state index contributed by atoms with van der Waals surface area (Å²) in [7, 11) is 0. The molecule has 0 bridgehead atoms. The Bertz CT molecular complexity index is 538. The Kier molecular flexibility index (Phi) is 3.50. The number of allylic oxidation sites excluding steroid dienone is 5. The highest BCUT2D eigenvalue weighted by molar-refractivity contribution is 6.01. The maximum absolute atomic E-state index is 11.9. The average Bonchev–Trinajstić information content (AvgIpc) is 2.41. The van der Waals surface area contributed by atoms with E-state index in [1.165, 1.54) is 18.4 Å². The average molecular weight is 240 g/mol. The Labute approximate surface area is 105 Å². The maximum Gasteiger partial charge on any atom is 0.271 e. The molecule has 0 spiro atoms. The van der Waals surface area contributed by atoms with Gasteiger partial charge in [0, 0.05) is 11.8 Å². The van der Waals surface area contributed by atoms with Gasteiger partial charge in [0.05, 0.1) is 0 Å². The molecule has 90 valence electrons. The number of rotatable bonds is 2. The predicted molar refractivity (Wildman–Crippen MR) is 68.2 cm³/mol. The lowest BCUT2D eigenvalue weighted by molar-refractivity contribution is -0.110. The van der Waals surface area contributed by atoms with Crippen LogP contribution in [0.5, 0.6) is 0 Å². The molecule has 0 saturated carbocycles. The summed E-state index contributed by atoms with van der Waals surface area (Å²) in [6.45, 7) is 0. The van der Waals surface area contributed by atoms with Gasteiger partial charge in [-0.2, -0.15) is 0 Å². The zero-order valence-electron chi connectivity index (χ0n) is 9.61. The molecule has 0 saturated heterocycles. The highest BCUT2D eigenvalue weighted by Crippen LogP contribution is 2.08. The van der Waals surface area contributed by atoms with Crippen LogP contribution in [0.4, 0.5) is 0 Å². The summed E-state index contributed by atoms with van der Waals surface area (Å²) in [6, 6.07) is 8.75. The minimum atomic E-state index is -0.304. The summed E-state index contributed by atoms with van der Waals surface area (Å²) in [4.78, 5) is 22.9. The molecule has 1 aromatic carbocycles. The Morgan fingerprint density at radius 1 is 1.06 bits per heavy atom. The van der Waals surface area contributed by atoms with E-state index >= 15 is 0 Å². The van der Waals surface area contributed by atoms with Crippen molar-refractivity contribution in [2.24, 2.45) is 5.84 Å². The molecule has 4 nitrogen and oxygen atoms in total. The van der Waals surface area contributed by atoms with Gasteiger partial charge in [-0.3, -0.25) is 14.6 Å². The number of nitrogens with zero attached hydrogens (tertiary/aromatic N) is 1. The van der Waals surface area contributed by atoms with Gasteiger partial charge in [-0.15, -0.1) is 0 Å². The Morgan fingerprint density at radius 2 is 1.67 bits per heavy atom. The van der Waals surface area contributed by atoms with E-state index in [4.69, 9.17) is 5.84 Å². The molecule has 0 atom stereocenters. The molecule has 0 radical (unpaired) electrons. The van der Waals surface area contributed by atoms with E-state index in [-0.39, 0.29) is 11.7 Å². The minimum absolute atomic E-state index is 0.0786. The van der Waals surface area contributed by atoms with E-state index in [0.29, 0.717) is 11.1 Å². The third kappa shape index (κ3) is 2.81. The van der Waals surface area contributed by atoms with Crippen molar-refractivity contribution in [2.45, 2.75) is 0 Å². The first-order valence-electron chi connectivity index (χ1n) is 5.42. The summed E-state index contributed by atoms with van der Waals surface area (Å²) in [5.74, 6) is 5.29. The van der Waals surface area contributed by atoms with Gasteiger partial charge < -0.3 is 0 Å². The fourth-order valence-electron chi connectivity index (χ4n) is 1.50. The molecule has 0 fully saturated rings. The molecule has 4 heteroatoms. The van der Waals surface area contributed by atoms with Crippen LogP contribution in [0.3, 0.4) is 0 Å². The van der Waals surface area contributed by atoms with Crippen molar-refractivity contribution in [3.8, 4) is 0 Å². The molecule has 18 heavy (non-hydrogen) atoms. The maximum atomic E-state index is 11.9. The lowest BCUT2D eigenvalue weighted by atomic mass is 10.1. The molecule has 0 heterocycles. The van der Waals surface area contributed by atoms with Crippen LogP contribution in [-0.4, -0.2) is 16.7 Å². The molecule has 1 aromatic rings. The van der Waals surface area contributed by atoms with Gasteiger partial charge in [0.25, 0.3) is 5.91 Å². The van der Waals surface area contributed by atoms with Crippen molar-refractivity contribution >= 4 is 11.7 Å². The molecule has 0 unspecified atom stereocenters. The van der Waals surface area contributed by atoms with Crippen molar-refractivity contribution in [1.82, 2.24) is 5.01 Å². The molecule has 2 rings (SSSR count). The molecule has 2 N–H and O–H groups in total. The summed E-state index contributed by atoms with van der Waals surface area (Å²) in [6.07, 6.45) is 7.55. The van der Waals surface area contributed by atoms with Crippen molar-refractivity contribution in [3.63, 3.8) is 0 Å². The zero-order chi connectivity index (χ0) is 13.0. The third-order valence-corrected chi connectivity index (χ3v) is 2.42. The summed E-state index contributed by atoms with van der Waals surface area (Å²) < 4.78 is 0. The highest BCUT2D eigenvalue weighted by Gasteiger charge is 2.10. The molecule has 1 aliphatic rings. The SMILES string of the molecule is NN(C=C1C=CC(=O)C=C1)C(=O)c1ccccc1. The highest BCUT2D eigenvalue weighted by atomic mass is 16.2. The number of ketones is 1. The Morgan fingerprint density at radius 3 is 2.28 bits per heavy atom. The second-order valence-corrected chi connectivity index (χ2v) is 3.78. The summed E-state index contributed by atoms with van der Waals surface area (Å²) in [5.41, 5.74) is 1.21. The normalized spacial score (nSPS) is 13.6.